The molecule has 174 valence electrons. The van der Waals surface area contributed by atoms with E-state index in [1.165, 1.54) is 45.6 Å². The van der Waals surface area contributed by atoms with E-state index in [2.05, 4.69) is 5.32 Å². The number of rotatable bonds is 9. The van der Waals surface area contributed by atoms with Crippen LogP contribution in [0.3, 0.4) is 0 Å². The Morgan fingerprint density at radius 1 is 0.879 bits per heavy atom. The molecule has 3 rings (SSSR count). The number of ether oxygens (including phenoxy) is 3. The number of sulfonamides is 1. The molecule has 3 aromatic carbocycles. The van der Waals surface area contributed by atoms with Crippen molar-refractivity contribution in [3.63, 3.8) is 0 Å². The normalized spacial score (nSPS) is 10.9. The number of anilines is 2. The molecule has 33 heavy (non-hydrogen) atoms. The van der Waals surface area contributed by atoms with Gasteiger partial charge in [0.2, 0.25) is 5.91 Å². The van der Waals surface area contributed by atoms with E-state index in [1.807, 2.05) is 0 Å². The zero-order valence-corrected chi connectivity index (χ0v) is 19.8. The minimum atomic E-state index is -4.13. The molecule has 0 fully saturated rings. The van der Waals surface area contributed by atoms with Crippen LogP contribution in [0.5, 0.6) is 17.2 Å². The molecule has 0 aromatic heterocycles. The Morgan fingerprint density at radius 3 is 2.15 bits per heavy atom. The molecule has 0 unspecified atom stereocenters. The van der Waals surface area contributed by atoms with Gasteiger partial charge in [-0.2, -0.15) is 0 Å². The summed E-state index contributed by atoms with van der Waals surface area (Å²) in [5.74, 6) is 0.654. The van der Waals surface area contributed by atoms with Gasteiger partial charge in [-0.05, 0) is 48.5 Å². The number of benzene rings is 3. The zero-order valence-electron chi connectivity index (χ0n) is 18.2. The first kappa shape index (κ1) is 24.2. The van der Waals surface area contributed by atoms with Crippen LogP contribution in [0.2, 0.25) is 5.02 Å². The number of carbonyl (C=O) groups is 1. The molecule has 0 saturated heterocycles. The third-order valence-corrected chi connectivity index (χ3v) is 6.74. The first-order valence-corrected chi connectivity index (χ1v) is 11.5. The summed E-state index contributed by atoms with van der Waals surface area (Å²) in [4.78, 5) is 12.9. The van der Waals surface area contributed by atoms with Crippen LogP contribution in [-0.4, -0.2) is 42.2 Å². The molecule has 0 aliphatic carbocycles. The highest BCUT2D eigenvalue weighted by atomic mass is 35.5. The number of nitrogens with zero attached hydrogens (tertiary/aromatic N) is 1. The van der Waals surface area contributed by atoms with Crippen molar-refractivity contribution in [3.8, 4) is 17.2 Å². The summed E-state index contributed by atoms with van der Waals surface area (Å²) in [6.07, 6.45) is 0. The van der Waals surface area contributed by atoms with Crippen molar-refractivity contribution >= 4 is 38.9 Å². The average molecular weight is 491 g/mol. The average Bonchev–Trinajstić information content (AvgIpc) is 2.82. The first-order valence-electron chi connectivity index (χ1n) is 9.73. The number of methoxy groups -OCH3 is 3. The van der Waals surface area contributed by atoms with Crippen molar-refractivity contribution in [1.29, 1.82) is 0 Å². The maximum atomic E-state index is 13.5. The molecule has 0 aliphatic heterocycles. The molecule has 3 aromatic rings. The molecule has 10 heteroatoms. The molecule has 1 amide bonds. The zero-order chi connectivity index (χ0) is 24.0. The molecule has 0 spiro atoms. The molecule has 8 nitrogen and oxygen atoms in total. The van der Waals surface area contributed by atoms with Crippen LogP contribution < -0.4 is 23.8 Å². The van der Waals surface area contributed by atoms with E-state index in [9.17, 15) is 13.2 Å². The number of carbonyl (C=O) groups excluding carboxylic acids is 1. The van der Waals surface area contributed by atoms with Crippen molar-refractivity contribution in [3.05, 3.63) is 71.8 Å². The highest BCUT2D eigenvalue weighted by Crippen LogP contribution is 2.33. The van der Waals surface area contributed by atoms with Gasteiger partial charge in [0.05, 0.1) is 31.9 Å². The Hall–Kier alpha value is -3.43. The summed E-state index contributed by atoms with van der Waals surface area (Å²) >= 11 is 5.92. The SMILES string of the molecule is COc1ccc(NC(=O)CN(c2ccccc2OC)S(=O)(=O)c2ccc(Cl)cc2)cc1OC. The van der Waals surface area contributed by atoms with Crippen LogP contribution in [0, 0.1) is 0 Å². The van der Waals surface area contributed by atoms with Crippen molar-refractivity contribution in [2.75, 3.05) is 37.5 Å². The Labute approximate surface area is 197 Å². The first-order chi connectivity index (χ1) is 15.8. The van der Waals surface area contributed by atoms with Gasteiger partial charge in [0.25, 0.3) is 10.0 Å². The second kappa shape index (κ2) is 10.5. The number of amides is 1. The second-order valence-corrected chi connectivity index (χ2v) is 9.05. The molecule has 0 aliphatic rings. The van der Waals surface area contributed by atoms with Crippen molar-refractivity contribution < 1.29 is 27.4 Å². The van der Waals surface area contributed by atoms with E-state index >= 15 is 0 Å². The van der Waals surface area contributed by atoms with Gasteiger partial charge in [0.15, 0.2) is 11.5 Å². The van der Waals surface area contributed by atoms with Gasteiger partial charge < -0.3 is 19.5 Å². The van der Waals surface area contributed by atoms with Crippen molar-refractivity contribution in [1.82, 2.24) is 0 Å². The summed E-state index contributed by atoms with van der Waals surface area (Å²) in [6.45, 7) is -0.500. The van der Waals surface area contributed by atoms with Crippen LogP contribution in [-0.2, 0) is 14.8 Å². The fourth-order valence-corrected chi connectivity index (χ4v) is 4.67. The lowest BCUT2D eigenvalue weighted by Gasteiger charge is -2.25. The van der Waals surface area contributed by atoms with Gasteiger partial charge in [-0.1, -0.05) is 23.7 Å². The molecule has 0 saturated carbocycles. The summed E-state index contributed by atoms with van der Waals surface area (Å²) in [5.41, 5.74) is 0.638. The molecular formula is C23H23ClN2O6S. The summed E-state index contributed by atoms with van der Waals surface area (Å²) < 4.78 is 43.8. The van der Waals surface area contributed by atoms with Gasteiger partial charge in [0, 0.05) is 16.8 Å². The quantitative estimate of drug-likeness (QED) is 0.483. The smallest absolute Gasteiger partial charge is 0.264 e. The van der Waals surface area contributed by atoms with Crippen LogP contribution in [0.15, 0.2) is 71.6 Å². The van der Waals surface area contributed by atoms with Crippen molar-refractivity contribution in [2.24, 2.45) is 0 Å². The number of para-hydroxylation sites is 2. The lowest BCUT2D eigenvalue weighted by Crippen LogP contribution is -2.38. The van der Waals surface area contributed by atoms with E-state index in [0.717, 1.165) is 4.31 Å². The predicted molar refractivity (Wildman–Crippen MR) is 127 cm³/mol. The number of halogens is 1. The third kappa shape index (κ3) is 5.50. The van der Waals surface area contributed by atoms with Gasteiger partial charge in [-0.3, -0.25) is 9.10 Å². The van der Waals surface area contributed by atoms with Gasteiger partial charge >= 0.3 is 0 Å². The lowest BCUT2D eigenvalue weighted by atomic mass is 10.2. The largest absolute Gasteiger partial charge is 0.495 e. The maximum absolute atomic E-state index is 13.5. The number of hydrogen-bond donors (Lipinski definition) is 1. The Morgan fingerprint density at radius 2 is 1.52 bits per heavy atom. The van der Waals surface area contributed by atoms with Crippen molar-refractivity contribution in [2.45, 2.75) is 4.90 Å². The molecule has 0 radical (unpaired) electrons. The predicted octanol–water partition coefficient (Wildman–Crippen LogP) is 4.20. The number of nitrogens with one attached hydrogen (secondary N) is 1. The highest BCUT2D eigenvalue weighted by Gasteiger charge is 2.29. The van der Waals surface area contributed by atoms with E-state index in [-0.39, 0.29) is 10.6 Å². The van der Waals surface area contributed by atoms with E-state index in [4.69, 9.17) is 25.8 Å². The summed E-state index contributed by atoms with van der Waals surface area (Å²) in [5, 5.41) is 3.09. The minimum absolute atomic E-state index is 0.0169. The van der Waals surface area contributed by atoms with Gasteiger partial charge in [0.1, 0.15) is 12.3 Å². The standard InChI is InChI=1S/C23H23ClN2O6S/c1-30-20-7-5-4-6-19(20)26(33(28,29)18-11-8-16(24)9-12-18)15-23(27)25-17-10-13-21(31-2)22(14-17)32-3/h4-14H,15H2,1-3H3,(H,25,27). The second-order valence-electron chi connectivity index (χ2n) is 6.76. The Bertz CT molecular complexity index is 1230. The Kier molecular flexibility index (Phi) is 7.67. The molecule has 1 N–H and O–H groups in total. The molecule has 0 bridgehead atoms. The fourth-order valence-electron chi connectivity index (χ4n) is 3.11. The summed E-state index contributed by atoms with van der Waals surface area (Å²) in [7, 11) is 0.282. The number of hydrogen-bond acceptors (Lipinski definition) is 6. The molecular weight excluding hydrogens is 468 g/mol. The summed E-state index contributed by atoms with van der Waals surface area (Å²) in [6, 6.07) is 17.1. The Balaban J connectivity index is 1.96. The third-order valence-electron chi connectivity index (χ3n) is 4.71. The van der Waals surface area contributed by atoms with Crippen LogP contribution in [0.25, 0.3) is 0 Å². The topological polar surface area (TPSA) is 94.2 Å². The van der Waals surface area contributed by atoms with E-state index in [1.54, 1.807) is 42.5 Å². The molecule has 0 heterocycles. The van der Waals surface area contributed by atoms with Crippen LogP contribution in [0.1, 0.15) is 0 Å². The van der Waals surface area contributed by atoms with Crippen LogP contribution in [0.4, 0.5) is 11.4 Å². The minimum Gasteiger partial charge on any atom is -0.495 e. The monoisotopic (exact) mass is 490 g/mol. The van der Waals surface area contributed by atoms with E-state index in [0.29, 0.717) is 28.0 Å². The van der Waals surface area contributed by atoms with Gasteiger partial charge in [-0.15, -0.1) is 0 Å². The molecule has 0 atom stereocenters. The van der Waals surface area contributed by atoms with Crippen LogP contribution >= 0.6 is 11.6 Å². The van der Waals surface area contributed by atoms with E-state index < -0.39 is 22.5 Å². The highest BCUT2D eigenvalue weighted by molar-refractivity contribution is 7.92. The fraction of sp³-hybridized carbons (Fsp3) is 0.174. The van der Waals surface area contributed by atoms with Gasteiger partial charge in [-0.25, -0.2) is 8.42 Å². The maximum Gasteiger partial charge on any atom is 0.264 e. The lowest BCUT2D eigenvalue weighted by molar-refractivity contribution is -0.114.